The van der Waals surface area contributed by atoms with Gasteiger partial charge in [-0.05, 0) is 24.6 Å². The van der Waals surface area contributed by atoms with Crippen LogP contribution in [-0.2, 0) is 0 Å². The number of nitrogens with zero attached hydrogens (tertiary/aromatic N) is 1. The van der Waals surface area contributed by atoms with Crippen molar-refractivity contribution in [2.75, 3.05) is 0 Å². The van der Waals surface area contributed by atoms with Crippen LogP contribution in [0.15, 0.2) is 51.9 Å². The summed E-state index contributed by atoms with van der Waals surface area (Å²) in [4.78, 5) is 4.44. The Kier molecular flexibility index (Phi) is 4.61. The molecule has 0 aliphatic heterocycles. The minimum absolute atomic E-state index is 0.0263. The number of aromatic hydroxyl groups is 1. The Hall–Kier alpha value is -1.32. The van der Waals surface area contributed by atoms with Crippen LogP contribution in [0.1, 0.15) is 24.1 Å². The topological polar surface area (TPSA) is 32.6 Å². The van der Waals surface area contributed by atoms with E-state index in [0.29, 0.717) is 10.6 Å². The van der Waals surface area contributed by atoms with Crippen molar-refractivity contribution in [1.82, 2.24) is 0 Å². The Balaban J connectivity index is 2.24. The van der Waals surface area contributed by atoms with Gasteiger partial charge in [-0.2, -0.15) is 0 Å². The van der Waals surface area contributed by atoms with Crippen molar-refractivity contribution >= 4 is 33.7 Å². The highest BCUT2D eigenvalue weighted by molar-refractivity contribution is 9.10. The van der Waals surface area contributed by atoms with Crippen LogP contribution in [0.25, 0.3) is 0 Å². The number of hydrogen-bond donors (Lipinski definition) is 1. The van der Waals surface area contributed by atoms with Crippen molar-refractivity contribution in [1.29, 1.82) is 0 Å². The smallest absolute Gasteiger partial charge is 0.142 e. The Labute approximate surface area is 125 Å². The van der Waals surface area contributed by atoms with Crippen molar-refractivity contribution in [2.45, 2.75) is 13.0 Å². The Morgan fingerprint density at radius 2 is 1.95 bits per heavy atom. The summed E-state index contributed by atoms with van der Waals surface area (Å²) in [6, 6.07) is 13.4. The normalized spacial score (nSPS) is 12.8. The van der Waals surface area contributed by atoms with Gasteiger partial charge in [-0.25, -0.2) is 0 Å². The molecule has 2 rings (SSSR count). The molecule has 0 saturated heterocycles. The standard InChI is InChI=1S/C15H13BrClNO/c1-10(11-5-3-2-4-6-11)18-9-12-7-13(16)8-14(17)15(12)19/h2-10,19H,1H3. The number of aliphatic imine (C=N–C) groups is 1. The van der Waals surface area contributed by atoms with Gasteiger partial charge >= 0.3 is 0 Å². The highest BCUT2D eigenvalue weighted by Crippen LogP contribution is 2.30. The van der Waals surface area contributed by atoms with Gasteiger partial charge < -0.3 is 5.11 Å². The number of benzene rings is 2. The van der Waals surface area contributed by atoms with Gasteiger partial charge in [0.15, 0.2) is 0 Å². The molecule has 1 unspecified atom stereocenters. The van der Waals surface area contributed by atoms with Gasteiger partial charge in [0.25, 0.3) is 0 Å². The van der Waals surface area contributed by atoms with Crippen LogP contribution in [-0.4, -0.2) is 11.3 Å². The minimum atomic E-state index is 0.0263. The van der Waals surface area contributed by atoms with Gasteiger partial charge in [0.1, 0.15) is 5.75 Å². The molecule has 0 fully saturated rings. The summed E-state index contributed by atoms with van der Waals surface area (Å²) in [6.45, 7) is 2.00. The molecule has 1 N–H and O–H groups in total. The number of phenols is 1. The van der Waals surface area contributed by atoms with Crippen molar-refractivity contribution in [2.24, 2.45) is 4.99 Å². The largest absolute Gasteiger partial charge is 0.506 e. The lowest BCUT2D eigenvalue weighted by Gasteiger charge is -2.07. The first kappa shape index (κ1) is 14.1. The molecule has 0 bridgehead atoms. The lowest BCUT2D eigenvalue weighted by molar-refractivity contribution is 0.474. The second kappa shape index (κ2) is 6.22. The second-order valence-corrected chi connectivity index (χ2v) is 5.51. The summed E-state index contributed by atoms with van der Waals surface area (Å²) in [5.74, 6) is 0.0499. The fourth-order valence-electron chi connectivity index (χ4n) is 1.69. The van der Waals surface area contributed by atoms with Crippen LogP contribution >= 0.6 is 27.5 Å². The number of halogens is 2. The molecule has 0 heterocycles. The van der Waals surface area contributed by atoms with Crippen molar-refractivity contribution < 1.29 is 5.11 Å². The molecule has 0 aliphatic rings. The van der Waals surface area contributed by atoms with Crippen LogP contribution in [0.4, 0.5) is 0 Å². The zero-order valence-electron chi connectivity index (χ0n) is 10.3. The third-order valence-electron chi connectivity index (χ3n) is 2.78. The van der Waals surface area contributed by atoms with E-state index in [1.807, 2.05) is 37.3 Å². The fourth-order valence-corrected chi connectivity index (χ4v) is 2.53. The molecule has 98 valence electrons. The highest BCUT2D eigenvalue weighted by Gasteiger charge is 2.07. The minimum Gasteiger partial charge on any atom is -0.506 e. The lowest BCUT2D eigenvalue weighted by atomic mass is 10.1. The maximum Gasteiger partial charge on any atom is 0.142 e. The predicted octanol–water partition coefficient (Wildman–Crippen LogP) is 4.99. The third kappa shape index (κ3) is 3.58. The average Bonchev–Trinajstić information content (AvgIpc) is 2.41. The first-order valence-electron chi connectivity index (χ1n) is 5.84. The van der Waals surface area contributed by atoms with E-state index in [9.17, 15) is 5.11 Å². The zero-order valence-corrected chi connectivity index (χ0v) is 12.7. The first-order valence-corrected chi connectivity index (χ1v) is 7.01. The van der Waals surface area contributed by atoms with E-state index in [1.165, 1.54) is 0 Å². The molecule has 4 heteroatoms. The van der Waals surface area contributed by atoms with E-state index < -0.39 is 0 Å². The molecule has 2 aromatic rings. The van der Waals surface area contributed by atoms with E-state index in [4.69, 9.17) is 11.6 Å². The van der Waals surface area contributed by atoms with E-state index in [2.05, 4.69) is 20.9 Å². The summed E-state index contributed by atoms with van der Waals surface area (Å²) in [5, 5.41) is 10.2. The van der Waals surface area contributed by atoms with E-state index >= 15 is 0 Å². The van der Waals surface area contributed by atoms with E-state index in [1.54, 1.807) is 18.3 Å². The van der Waals surface area contributed by atoms with E-state index in [-0.39, 0.29) is 11.8 Å². The molecular formula is C15H13BrClNO. The summed E-state index contributed by atoms with van der Waals surface area (Å²) in [6.07, 6.45) is 1.64. The van der Waals surface area contributed by atoms with Crippen LogP contribution in [0.3, 0.4) is 0 Å². The predicted molar refractivity (Wildman–Crippen MR) is 83.3 cm³/mol. The summed E-state index contributed by atoms with van der Waals surface area (Å²) < 4.78 is 0.809. The van der Waals surface area contributed by atoms with Crippen LogP contribution in [0.5, 0.6) is 5.75 Å². The van der Waals surface area contributed by atoms with Gasteiger partial charge in [-0.3, -0.25) is 4.99 Å². The number of phenolic OH excluding ortho intramolecular Hbond substituents is 1. The zero-order chi connectivity index (χ0) is 13.8. The van der Waals surface area contributed by atoms with Gasteiger partial charge in [0.05, 0.1) is 11.1 Å². The molecule has 0 amide bonds. The third-order valence-corrected chi connectivity index (χ3v) is 3.52. The summed E-state index contributed by atoms with van der Waals surface area (Å²) in [7, 11) is 0. The molecule has 0 aliphatic carbocycles. The van der Waals surface area contributed by atoms with Gasteiger partial charge in [-0.1, -0.05) is 57.9 Å². The van der Waals surface area contributed by atoms with Crippen LogP contribution in [0.2, 0.25) is 5.02 Å². The molecule has 0 saturated carbocycles. The summed E-state index contributed by atoms with van der Waals surface area (Å²) >= 11 is 9.25. The summed E-state index contributed by atoms with van der Waals surface area (Å²) in [5.41, 5.74) is 1.72. The molecule has 0 spiro atoms. The quantitative estimate of drug-likeness (QED) is 0.786. The van der Waals surface area contributed by atoms with Crippen molar-refractivity contribution in [3.8, 4) is 5.75 Å². The maximum absolute atomic E-state index is 9.86. The maximum atomic E-state index is 9.86. The molecule has 0 radical (unpaired) electrons. The molecule has 2 nitrogen and oxygen atoms in total. The van der Waals surface area contributed by atoms with E-state index in [0.717, 1.165) is 10.0 Å². The van der Waals surface area contributed by atoms with Gasteiger partial charge in [0.2, 0.25) is 0 Å². The highest BCUT2D eigenvalue weighted by atomic mass is 79.9. The fraction of sp³-hybridized carbons (Fsp3) is 0.133. The Bertz CT molecular complexity index is 599. The second-order valence-electron chi connectivity index (χ2n) is 4.19. The Morgan fingerprint density at radius 1 is 1.26 bits per heavy atom. The molecule has 1 atom stereocenters. The molecule has 2 aromatic carbocycles. The monoisotopic (exact) mass is 337 g/mol. The van der Waals surface area contributed by atoms with Crippen LogP contribution < -0.4 is 0 Å². The average molecular weight is 339 g/mol. The van der Waals surface area contributed by atoms with Gasteiger partial charge in [0, 0.05) is 16.3 Å². The Morgan fingerprint density at radius 3 is 2.63 bits per heavy atom. The SMILES string of the molecule is CC(N=Cc1cc(Br)cc(Cl)c1O)c1ccccc1. The van der Waals surface area contributed by atoms with Crippen molar-refractivity contribution in [3.63, 3.8) is 0 Å². The number of rotatable bonds is 3. The van der Waals surface area contributed by atoms with Crippen molar-refractivity contribution in [3.05, 3.63) is 63.1 Å². The molecular weight excluding hydrogens is 326 g/mol. The molecule has 0 aromatic heterocycles. The first-order chi connectivity index (χ1) is 9.08. The van der Waals surface area contributed by atoms with Crippen LogP contribution in [0, 0.1) is 0 Å². The molecule has 19 heavy (non-hydrogen) atoms. The number of hydrogen-bond acceptors (Lipinski definition) is 2. The van der Waals surface area contributed by atoms with Gasteiger partial charge in [-0.15, -0.1) is 0 Å². The lowest BCUT2D eigenvalue weighted by Crippen LogP contribution is -1.91.